The van der Waals surface area contributed by atoms with E-state index in [4.69, 9.17) is 0 Å². The van der Waals surface area contributed by atoms with Gasteiger partial charge in [-0.1, -0.05) is 12.1 Å². The molecule has 1 saturated heterocycles. The second kappa shape index (κ2) is 8.87. The molecule has 0 unspecified atom stereocenters. The number of urea groups is 1. The van der Waals surface area contributed by atoms with Crippen molar-refractivity contribution in [3.8, 4) is 0 Å². The highest BCUT2D eigenvalue weighted by Gasteiger charge is 2.31. The maximum Gasteiger partial charge on any atom is 0.324 e. The van der Waals surface area contributed by atoms with E-state index >= 15 is 0 Å². The number of hydrogen-bond donors (Lipinski definition) is 2. The van der Waals surface area contributed by atoms with Crippen LogP contribution in [-0.4, -0.2) is 50.9 Å². The number of nitrogens with one attached hydrogen (secondary N) is 2. The summed E-state index contributed by atoms with van der Waals surface area (Å²) in [5.41, 5.74) is 1.46. The lowest BCUT2D eigenvalue weighted by Crippen LogP contribution is -2.41. The van der Waals surface area contributed by atoms with Gasteiger partial charge in [-0.25, -0.2) is 17.6 Å². The van der Waals surface area contributed by atoms with E-state index < -0.39 is 27.8 Å². The molecule has 3 amide bonds. The highest BCUT2D eigenvalue weighted by atomic mass is 32.2. The Bertz CT molecular complexity index is 1150. The number of amides is 3. The van der Waals surface area contributed by atoms with Gasteiger partial charge < -0.3 is 10.2 Å². The van der Waals surface area contributed by atoms with Gasteiger partial charge in [0.05, 0.1) is 16.6 Å². The lowest BCUT2D eigenvalue weighted by molar-refractivity contribution is -0.117. The summed E-state index contributed by atoms with van der Waals surface area (Å²) in [6.45, 7) is 3.38. The monoisotopic (exact) mass is 460 g/mol. The molecule has 10 heteroatoms. The highest BCUT2D eigenvalue weighted by Crippen LogP contribution is 2.31. The minimum Gasteiger partial charge on any atom is -0.324 e. The Morgan fingerprint density at radius 2 is 1.78 bits per heavy atom. The van der Waals surface area contributed by atoms with E-state index in [1.165, 1.54) is 37.3 Å². The summed E-state index contributed by atoms with van der Waals surface area (Å²) < 4.78 is 41.8. The van der Waals surface area contributed by atoms with E-state index in [0.29, 0.717) is 18.7 Å². The third-order valence-electron chi connectivity index (χ3n) is 5.72. The smallest absolute Gasteiger partial charge is 0.324 e. The number of sulfonamides is 1. The minimum atomic E-state index is -4.00. The van der Waals surface area contributed by atoms with Crippen LogP contribution in [0.3, 0.4) is 0 Å². The quantitative estimate of drug-likeness (QED) is 0.717. The summed E-state index contributed by atoms with van der Waals surface area (Å²) in [4.78, 5) is 28.6. The lowest BCUT2D eigenvalue weighted by atomic mass is 10.2. The summed E-state index contributed by atoms with van der Waals surface area (Å²) in [5, 5.41) is 2.38. The second-order valence-corrected chi connectivity index (χ2v) is 9.69. The Morgan fingerprint density at radius 1 is 1.06 bits per heavy atom. The predicted molar refractivity (Wildman–Crippen MR) is 119 cm³/mol. The molecule has 4 rings (SSSR count). The Morgan fingerprint density at radius 3 is 2.50 bits per heavy atom. The van der Waals surface area contributed by atoms with Crippen LogP contribution in [0.2, 0.25) is 0 Å². The molecule has 0 radical (unpaired) electrons. The van der Waals surface area contributed by atoms with Crippen LogP contribution in [0, 0.1) is 5.82 Å². The number of carbonyl (C=O) groups excluding carboxylic acids is 2. The summed E-state index contributed by atoms with van der Waals surface area (Å²) in [6.07, 6.45) is 2.55. The van der Waals surface area contributed by atoms with Crippen molar-refractivity contribution in [3.05, 3.63) is 53.8 Å². The average molecular weight is 461 g/mol. The molecular weight excluding hydrogens is 435 g/mol. The minimum absolute atomic E-state index is 0.0114. The van der Waals surface area contributed by atoms with Gasteiger partial charge in [-0.05, 0) is 62.1 Å². The topological polar surface area (TPSA) is 98.8 Å². The summed E-state index contributed by atoms with van der Waals surface area (Å²) in [7, 11) is -4.00. The molecule has 0 saturated carbocycles. The molecule has 2 aromatic rings. The first-order valence-electron chi connectivity index (χ1n) is 10.5. The van der Waals surface area contributed by atoms with Gasteiger partial charge in [0.1, 0.15) is 5.82 Å². The Labute approximate surface area is 186 Å². The molecule has 170 valence electrons. The second-order valence-electron chi connectivity index (χ2n) is 7.98. The van der Waals surface area contributed by atoms with Gasteiger partial charge >= 0.3 is 6.03 Å². The molecule has 1 atom stereocenters. The van der Waals surface area contributed by atoms with Crippen LogP contribution >= 0.6 is 0 Å². The van der Waals surface area contributed by atoms with E-state index in [2.05, 4.69) is 10.0 Å². The normalized spacial score (nSPS) is 16.7. The van der Waals surface area contributed by atoms with Crippen molar-refractivity contribution in [1.82, 2.24) is 9.62 Å². The SMILES string of the molecule is C[C@@H](NS(=O)(=O)c1ccc2c(c1)CCN2C(=O)N1CCCC1)C(=O)Nc1ccccc1F. The van der Waals surface area contributed by atoms with Gasteiger partial charge in [0, 0.05) is 25.3 Å². The molecule has 0 aromatic heterocycles. The largest absolute Gasteiger partial charge is 0.324 e. The first-order valence-corrected chi connectivity index (χ1v) is 12.0. The summed E-state index contributed by atoms with van der Waals surface area (Å²) >= 11 is 0. The highest BCUT2D eigenvalue weighted by molar-refractivity contribution is 7.89. The molecule has 2 aliphatic rings. The lowest BCUT2D eigenvalue weighted by Gasteiger charge is -2.24. The Kier molecular flexibility index (Phi) is 6.16. The van der Waals surface area contributed by atoms with E-state index in [1.807, 2.05) is 4.90 Å². The third-order valence-corrected chi connectivity index (χ3v) is 7.26. The molecule has 2 aliphatic heterocycles. The fourth-order valence-corrected chi connectivity index (χ4v) is 5.23. The number of nitrogens with zero attached hydrogens (tertiary/aromatic N) is 2. The zero-order chi connectivity index (χ0) is 22.9. The molecule has 2 N–H and O–H groups in total. The molecular formula is C22H25FN4O4S. The first-order chi connectivity index (χ1) is 15.3. The van der Waals surface area contributed by atoms with Crippen molar-refractivity contribution in [2.45, 2.75) is 37.1 Å². The molecule has 2 aromatic carbocycles. The molecule has 0 aliphatic carbocycles. The van der Waals surface area contributed by atoms with Crippen LogP contribution in [0.5, 0.6) is 0 Å². The van der Waals surface area contributed by atoms with Crippen molar-refractivity contribution in [2.24, 2.45) is 0 Å². The van der Waals surface area contributed by atoms with Gasteiger partial charge in [0.15, 0.2) is 0 Å². The molecule has 1 fully saturated rings. The van der Waals surface area contributed by atoms with Crippen molar-refractivity contribution in [2.75, 3.05) is 29.9 Å². The Balaban J connectivity index is 1.45. The van der Waals surface area contributed by atoms with Crippen LogP contribution in [0.15, 0.2) is 47.4 Å². The van der Waals surface area contributed by atoms with Gasteiger partial charge in [0.25, 0.3) is 0 Å². The van der Waals surface area contributed by atoms with Crippen LogP contribution in [0.4, 0.5) is 20.6 Å². The number of likely N-dealkylation sites (tertiary alicyclic amines) is 1. The molecule has 2 heterocycles. The number of rotatable bonds is 5. The number of halogens is 1. The number of carbonyl (C=O) groups is 2. The summed E-state index contributed by atoms with van der Waals surface area (Å²) in [6, 6.07) is 9.08. The van der Waals surface area contributed by atoms with Gasteiger partial charge in [0.2, 0.25) is 15.9 Å². The number of anilines is 2. The van der Waals surface area contributed by atoms with Crippen molar-refractivity contribution in [3.63, 3.8) is 0 Å². The number of benzene rings is 2. The zero-order valence-corrected chi connectivity index (χ0v) is 18.5. The van der Waals surface area contributed by atoms with Gasteiger partial charge in [-0.15, -0.1) is 0 Å². The fraction of sp³-hybridized carbons (Fsp3) is 0.364. The zero-order valence-electron chi connectivity index (χ0n) is 17.7. The number of hydrogen-bond acceptors (Lipinski definition) is 4. The predicted octanol–water partition coefficient (Wildman–Crippen LogP) is 2.71. The van der Waals surface area contributed by atoms with Crippen LogP contribution < -0.4 is 14.9 Å². The maximum atomic E-state index is 13.7. The van der Waals surface area contributed by atoms with Crippen LogP contribution in [-0.2, 0) is 21.2 Å². The van der Waals surface area contributed by atoms with Crippen molar-refractivity contribution >= 4 is 33.3 Å². The number of para-hydroxylation sites is 1. The molecule has 0 spiro atoms. The molecule has 0 bridgehead atoms. The molecule has 32 heavy (non-hydrogen) atoms. The van der Waals surface area contributed by atoms with Crippen LogP contribution in [0.1, 0.15) is 25.3 Å². The van der Waals surface area contributed by atoms with E-state index in [0.717, 1.165) is 31.5 Å². The first kappa shape index (κ1) is 22.2. The van der Waals surface area contributed by atoms with Crippen molar-refractivity contribution < 1.29 is 22.4 Å². The van der Waals surface area contributed by atoms with Gasteiger partial charge in [-0.2, -0.15) is 4.72 Å². The average Bonchev–Trinajstić information content (AvgIpc) is 3.44. The van der Waals surface area contributed by atoms with Crippen LogP contribution in [0.25, 0.3) is 0 Å². The molecule has 8 nitrogen and oxygen atoms in total. The summed E-state index contributed by atoms with van der Waals surface area (Å²) in [5.74, 6) is -1.29. The van der Waals surface area contributed by atoms with E-state index in [9.17, 15) is 22.4 Å². The fourth-order valence-electron chi connectivity index (χ4n) is 3.98. The Hall–Kier alpha value is -2.98. The van der Waals surface area contributed by atoms with E-state index in [1.54, 1.807) is 17.0 Å². The maximum absolute atomic E-state index is 13.7. The van der Waals surface area contributed by atoms with E-state index in [-0.39, 0.29) is 16.6 Å². The number of fused-ring (bicyclic) bond motifs is 1. The third kappa shape index (κ3) is 4.46. The van der Waals surface area contributed by atoms with Crippen molar-refractivity contribution in [1.29, 1.82) is 0 Å². The van der Waals surface area contributed by atoms with Gasteiger partial charge in [-0.3, -0.25) is 9.69 Å². The standard InChI is InChI=1S/C22H25FN4O4S/c1-15(21(28)24-19-7-3-2-6-18(19)23)25-32(30,31)17-8-9-20-16(14-17)10-13-27(20)22(29)26-11-4-5-12-26/h2-3,6-9,14-15,25H,4-5,10-13H2,1H3,(H,24,28)/t15-/m1/s1.